The first-order chi connectivity index (χ1) is 10.5. The van der Waals surface area contributed by atoms with Crippen LogP contribution in [0.25, 0.3) is 0 Å². The van der Waals surface area contributed by atoms with E-state index < -0.39 is 6.29 Å². The van der Waals surface area contributed by atoms with E-state index in [0.29, 0.717) is 16.3 Å². The van der Waals surface area contributed by atoms with Crippen LogP contribution in [0.1, 0.15) is 5.56 Å². The van der Waals surface area contributed by atoms with Gasteiger partial charge in [0.05, 0.1) is 5.69 Å². The van der Waals surface area contributed by atoms with Crippen LogP contribution in [0, 0.1) is 0 Å². The highest BCUT2D eigenvalue weighted by atomic mass is 35.5. The van der Waals surface area contributed by atoms with Gasteiger partial charge in [-0.3, -0.25) is 10.7 Å². The van der Waals surface area contributed by atoms with Crippen LogP contribution in [0.5, 0.6) is 11.5 Å². The Labute approximate surface area is 128 Å². The van der Waals surface area contributed by atoms with Crippen LogP contribution in [-0.2, 0) is 0 Å². The van der Waals surface area contributed by atoms with Gasteiger partial charge >= 0.3 is 6.29 Å². The monoisotopic (exact) mass is 326 g/mol. The van der Waals surface area contributed by atoms with Crippen molar-refractivity contribution in [1.82, 2.24) is 5.48 Å². The Hall–Kier alpha value is -2.38. The molecule has 1 heterocycles. The molecule has 0 spiro atoms. The van der Waals surface area contributed by atoms with E-state index in [1.807, 2.05) is 5.48 Å². The predicted octanol–water partition coefficient (Wildman–Crippen LogP) is 3.72. The Bertz CT molecular complexity index is 753. The fraction of sp³-hybridized carbons (Fsp3) is 0.0714. The first-order valence-electron chi connectivity index (χ1n) is 6.11. The number of ether oxygens (including phenoxy) is 2. The highest BCUT2D eigenvalue weighted by Gasteiger charge is 2.43. The smallest absolute Gasteiger partial charge is 0.395 e. The van der Waals surface area contributed by atoms with Crippen LogP contribution in [0.4, 0.5) is 14.5 Å². The number of amidine groups is 1. The first-order valence-corrected chi connectivity index (χ1v) is 6.49. The quantitative estimate of drug-likeness (QED) is 0.501. The number of hydrogen-bond donors (Lipinski definition) is 2. The molecule has 0 amide bonds. The van der Waals surface area contributed by atoms with E-state index in [-0.39, 0.29) is 17.3 Å². The van der Waals surface area contributed by atoms with Gasteiger partial charge in [0.25, 0.3) is 0 Å². The molecule has 2 aromatic carbocycles. The van der Waals surface area contributed by atoms with Crippen molar-refractivity contribution in [3.05, 3.63) is 53.1 Å². The largest absolute Gasteiger partial charge is 0.586 e. The number of alkyl halides is 2. The van der Waals surface area contributed by atoms with E-state index in [9.17, 15) is 14.0 Å². The SMILES string of the molecule is ONC(=Nc1cccc(Cl)c1)c1ccc2c(c1)OC(F)(F)O2. The van der Waals surface area contributed by atoms with Crippen molar-refractivity contribution < 1.29 is 23.5 Å². The molecule has 0 aliphatic carbocycles. The van der Waals surface area contributed by atoms with Crippen molar-refractivity contribution in [3.8, 4) is 11.5 Å². The predicted molar refractivity (Wildman–Crippen MR) is 75.2 cm³/mol. The standard InChI is InChI=1S/C14H9ClF2N2O3/c15-9-2-1-3-10(7-9)18-13(19-20)8-4-5-11-12(6-8)22-14(16,17)21-11/h1-7,20H,(H,18,19). The number of rotatable bonds is 2. The summed E-state index contributed by atoms with van der Waals surface area (Å²) in [5, 5.41) is 9.70. The lowest BCUT2D eigenvalue weighted by Crippen LogP contribution is -2.26. The van der Waals surface area contributed by atoms with E-state index >= 15 is 0 Å². The highest BCUT2D eigenvalue weighted by molar-refractivity contribution is 6.30. The molecule has 1 aliphatic heterocycles. The van der Waals surface area contributed by atoms with Crippen molar-refractivity contribution in [1.29, 1.82) is 0 Å². The summed E-state index contributed by atoms with van der Waals surface area (Å²) in [5.74, 6) is -0.186. The molecule has 0 bridgehead atoms. The van der Waals surface area contributed by atoms with Gasteiger partial charge in [-0.1, -0.05) is 17.7 Å². The molecule has 0 fully saturated rings. The van der Waals surface area contributed by atoms with Crippen LogP contribution in [-0.4, -0.2) is 17.3 Å². The summed E-state index contributed by atoms with van der Waals surface area (Å²) in [6.45, 7) is 0. The molecule has 0 unspecified atom stereocenters. The Morgan fingerprint density at radius 1 is 1.14 bits per heavy atom. The molecule has 3 rings (SSSR count). The number of hydrogen-bond acceptors (Lipinski definition) is 4. The molecular weight excluding hydrogens is 318 g/mol. The lowest BCUT2D eigenvalue weighted by molar-refractivity contribution is -0.286. The second-order valence-electron chi connectivity index (χ2n) is 4.38. The van der Waals surface area contributed by atoms with E-state index in [1.54, 1.807) is 24.3 Å². The molecule has 0 saturated heterocycles. The molecule has 0 aromatic heterocycles. The minimum absolute atomic E-state index is 0.0453. The van der Waals surface area contributed by atoms with Crippen LogP contribution < -0.4 is 15.0 Å². The Balaban J connectivity index is 1.96. The van der Waals surface area contributed by atoms with Gasteiger partial charge in [-0.25, -0.2) is 4.99 Å². The third kappa shape index (κ3) is 2.95. The Morgan fingerprint density at radius 3 is 2.64 bits per heavy atom. The van der Waals surface area contributed by atoms with Gasteiger partial charge in [-0.05, 0) is 36.4 Å². The average molecular weight is 327 g/mol. The summed E-state index contributed by atoms with van der Waals surface area (Å²) >= 11 is 5.85. The van der Waals surface area contributed by atoms with Gasteiger partial charge < -0.3 is 9.47 Å². The van der Waals surface area contributed by atoms with Crippen molar-refractivity contribution >= 4 is 23.1 Å². The number of hydroxylamine groups is 1. The van der Waals surface area contributed by atoms with Crippen LogP contribution >= 0.6 is 11.6 Å². The van der Waals surface area contributed by atoms with E-state index in [0.717, 1.165) is 0 Å². The number of nitrogens with zero attached hydrogens (tertiary/aromatic N) is 1. The lowest BCUT2D eigenvalue weighted by atomic mass is 10.2. The van der Waals surface area contributed by atoms with E-state index in [1.165, 1.54) is 18.2 Å². The highest BCUT2D eigenvalue weighted by Crippen LogP contribution is 2.41. The zero-order chi connectivity index (χ0) is 15.7. The lowest BCUT2D eigenvalue weighted by Gasteiger charge is -2.06. The fourth-order valence-corrected chi connectivity index (χ4v) is 2.11. The molecular formula is C14H9ClF2N2O3. The summed E-state index contributed by atoms with van der Waals surface area (Å²) in [6, 6.07) is 10.7. The zero-order valence-electron chi connectivity index (χ0n) is 10.9. The normalized spacial score (nSPS) is 15.7. The number of aliphatic imine (C=N–C) groups is 1. The van der Waals surface area contributed by atoms with Gasteiger partial charge in [0.1, 0.15) is 0 Å². The number of fused-ring (bicyclic) bond motifs is 1. The van der Waals surface area contributed by atoms with Gasteiger partial charge in [0.2, 0.25) is 0 Å². The molecule has 1 aliphatic rings. The third-order valence-electron chi connectivity index (χ3n) is 2.83. The summed E-state index contributed by atoms with van der Waals surface area (Å²) in [6.07, 6.45) is -3.70. The van der Waals surface area contributed by atoms with E-state index in [4.69, 9.17) is 11.6 Å². The summed E-state index contributed by atoms with van der Waals surface area (Å²) < 4.78 is 34.6. The zero-order valence-corrected chi connectivity index (χ0v) is 11.6. The Kier molecular flexibility index (Phi) is 3.59. The minimum Gasteiger partial charge on any atom is -0.395 e. The molecule has 0 radical (unpaired) electrons. The van der Waals surface area contributed by atoms with Gasteiger partial charge in [-0.15, -0.1) is 8.78 Å². The van der Waals surface area contributed by atoms with Crippen molar-refractivity contribution in [2.45, 2.75) is 6.29 Å². The molecule has 0 atom stereocenters. The summed E-state index contributed by atoms with van der Waals surface area (Å²) in [7, 11) is 0. The maximum absolute atomic E-state index is 13.0. The Morgan fingerprint density at radius 2 is 1.91 bits per heavy atom. The van der Waals surface area contributed by atoms with Gasteiger partial charge in [-0.2, -0.15) is 0 Å². The van der Waals surface area contributed by atoms with Crippen molar-refractivity contribution in [2.24, 2.45) is 4.99 Å². The molecule has 22 heavy (non-hydrogen) atoms. The molecule has 0 saturated carbocycles. The fourth-order valence-electron chi connectivity index (χ4n) is 1.93. The summed E-state index contributed by atoms with van der Waals surface area (Å²) in [5.41, 5.74) is 2.74. The van der Waals surface area contributed by atoms with Crippen LogP contribution in [0.15, 0.2) is 47.5 Å². The number of halogens is 3. The molecule has 2 N–H and O–H groups in total. The second-order valence-corrected chi connectivity index (χ2v) is 4.82. The topological polar surface area (TPSA) is 63.1 Å². The van der Waals surface area contributed by atoms with Crippen LogP contribution in [0.2, 0.25) is 5.02 Å². The molecule has 2 aromatic rings. The van der Waals surface area contributed by atoms with E-state index in [2.05, 4.69) is 14.5 Å². The molecule has 8 heteroatoms. The number of benzene rings is 2. The maximum atomic E-state index is 13.0. The van der Waals surface area contributed by atoms with Crippen LogP contribution in [0.3, 0.4) is 0 Å². The average Bonchev–Trinajstić information content (AvgIpc) is 2.77. The molecule has 114 valence electrons. The maximum Gasteiger partial charge on any atom is 0.586 e. The van der Waals surface area contributed by atoms with Gasteiger partial charge in [0.15, 0.2) is 17.3 Å². The van der Waals surface area contributed by atoms with Crippen molar-refractivity contribution in [2.75, 3.05) is 0 Å². The molecule has 5 nitrogen and oxygen atoms in total. The minimum atomic E-state index is -3.70. The number of nitrogens with one attached hydrogen (secondary N) is 1. The third-order valence-corrected chi connectivity index (χ3v) is 3.06. The van der Waals surface area contributed by atoms with Crippen molar-refractivity contribution in [3.63, 3.8) is 0 Å². The second kappa shape index (κ2) is 5.43. The van der Waals surface area contributed by atoms with Gasteiger partial charge in [0, 0.05) is 10.6 Å². The summed E-state index contributed by atoms with van der Waals surface area (Å²) in [4.78, 5) is 4.16. The first kappa shape index (κ1) is 14.6.